The van der Waals surface area contributed by atoms with Crippen molar-refractivity contribution in [3.63, 3.8) is 0 Å². The van der Waals surface area contributed by atoms with Crippen LogP contribution in [0, 0.1) is 0 Å². The lowest BCUT2D eigenvalue weighted by Gasteiger charge is -2.27. The van der Waals surface area contributed by atoms with E-state index in [0.29, 0.717) is 13.0 Å². The predicted octanol–water partition coefficient (Wildman–Crippen LogP) is 0.979. The molecule has 1 atom stereocenters. The molecule has 1 aliphatic rings. The lowest BCUT2D eigenvalue weighted by molar-refractivity contribution is -0.139. The molecule has 0 bridgehead atoms. The molecule has 2 N–H and O–H groups in total. The quantitative estimate of drug-likeness (QED) is 0.830. The predicted molar refractivity (Wildman–Crippen MR) is 68.7 cm³/mol. The van der Waals surface area contributed by atoms with Crippen LogP contribution in [-0.2, 0) is 20.7 Å². The Hall–Kier alpha value is -1.88. The van der Waals surface area contributed by atoms with E-state index < -0.39 is 11.5 Å². The highest BCUT2D eigenvalue weighted by Crippen LogP contribution is 2.22. The van der Waals surface area contributed by atoms with Crippen LogP contribution in [-0.4, -0.2) is 35.7 Å². The summed E-state index contributed by atoms with van der Waals surface area (Å²) >= 11 is 0. The molecule has 0 spiro atoms. The summed E-state index contributed by atoms with van der Waals surface area (Å²) in [5, 5.41) is 11.8. The van der Waals surface area contributed by atoms with E-state index in [-0.39, 0.29) is 25.4 Å². The summed E-state index contributed by atoms with van der Waals surface area (Å²) in [4.78, 5) is 22.9. The number of carboxylic acids is 1. The summed E-state index contributed by atoms with van der Waals surface area (Å²) < 4.78 is 5.23. The third kappa shape index (κ3) is 3.79. The Bertz CT molecular complexity index is 452. The molecule has 1 saturated heterocycles. The van der Waals surface area contributed by atoms with Gasteiger partial charge in [0.05, 0.1) is 25.0 Å². The minimum absolute atomic E-state index is 0.104. The minimum atomic E-state index is -0.925. The van der Waals surface area contributed by atoms with Crippen molar-refractivity contribution in [1.29, 1.82) is 0 Å². The van der Waals surface area contributed by atoms with Gasteiger partial charge in [-0.2, -0.15) is 0 Å². The van der Waals surface area contributed by atoms with E-state index in [1.165, 1.54) is 0 Å². The maximum atomic E-state index is 12.0. The van der Waals surface area contributed by atoms with E-state index in [4.69, 9.17) is 9.84 Å². The molecule has 1 amide bonds. The van der Waals surface area contributed by atoms with Crippen molar-refractivity contribution >= 4 is 11.9 Å². The van der Waals surface area contributed by atoms with Crippen molar-refractivity contribution in [2.45, 2.75) is 24.8 Å². The molecule has 1 unspecified atom stereocenters. The molecular formula is C14H17NO4. The molecule has 0 saturated carbocycles. The lowest BCUT2D eigenvalue weighted by atomic mass is 9.94. The van der Waals surface area contributed by atoms with E-state index in [0.717, 1.165) is 5.56 Å². The number of amides is 1. The molecule has 0 aromatic heterocycles. The molecule has 5 nitrogen and oxygen atoms in total. The van der Waals surface area contributed by atoms with Crippen LogP contribution in [0.4, 0.5) is 0 Å². The molecule has 5 heteroatoms. The van der Waals surface area contributed by atoms with Crippen LogP contribution < -0.4 is 5.32 Å². The van der Waals surface area contributed by atoms with Crippen molar-refractivity contribution < 1.29 is 19.4 Å². The first-order valence-electron chi connectivity index (χ1n) is 6.24. The van der Waals surface area contributed by atoms with Crippen LogP contribution >= 0.6 is 0 Å². The van der Waals surface area contributed by atoms with Crippen molar-refractivity contribution in [3.05, 3.63) is 35.9 Å². The van der Waals surface area contributed by atoms with Gasteiger partial charge in [0, 0.05) is 6.61 Å². The number of hydrogen-bond acceptors (Lipinski definition) is 3. The highest BCUT2D eigenvalue weighted by molar-refractivity contribution is 5.80. The SMILES string of the molecule is O=C(O)CC1(NC(=O)Cc2ccccc2)CCOC1. The zero-order valence-corrected chi connectivity index (χ0v) is 10.6. The van der Waals surface area contributed by atoms with Gasteiger partial charge in [-0.05, 0) is 12.0 Å². The topological polar surface area (TPSA) is 75.6 Å². The Labute approximate surface area is 111 Å². The maximum absolute atomic E-state index is 12.0. The number of aliphatic carboxylic acids is 1. The largest absolute Gasteiger partial charge is 0.481 e. The molecule has 102 valence electrons. The van der Waals surface area contributed by atoms with Gasteiger partial charge in [0.2, 0.25) is 5.91 Å². The average molecular weight is 263 g/mol. The molecule has 1 aromatic carbocycles. The number of rotatable bonds is 5. The van der Waals surface area contributed by atoms with Crippen LogP contribution in [0.1, 0.15) is 18.4 Å². The Morgan fingerprint density at radius 2 is 2.05 bits per heavy atom. The number of carbonyl (C=O) groups excluding carboxylic acids is 1. The second kappa shape index (κ2) is 5.84. The van der Waals surface area contributed by atoms with Crippen molar-refractivity contribution in [2.75, 3.05) is 13.2 Å². The minimum Gasteiger partial charge on any atom is -0.481 e. The van der Waals surface area contributed by atoms with Crippen molar-refractivity contribution in [1.82, 2.24) is 5.32 Å². The van der Waals surface area contributed by atoms with Crippen molar-refractivity contribution in [3.8, 4) is 0 Å². The zero-order chi connectivity index (χ0) is 13.7. The molecular weight excluding hydrogens is 246 g/mol. The zero-order valence-electron chi connectivity index (χ0n) is 10.6. The molecule has 1 fully saturated rings. The lowest BCUT2D eigenvalue weighted by Crippen LogP contribution is -2.51. The van der Waals surface area contributed by atoms with Crippen LogP contribution in [0.3, 0.4) is 0 Å². The van der Waals surface area contributed by atoms with Crippen LogP contribution in [0.15, 0.2) is 30.3 Å². The maximum Gasteiger partial charge on any atom is 0.305 e. The van der Waals surface area contributed by atoms with Crippen molar-refractivity contribution in [2.24, 2.45) is 0 Å². The first-order chi connectivity index (χ1) is 9.10. The number of carboxylic acid groups (broad SMARTS) is 1. The Morgan fingerprint density at radius 1 is 1.32 bits per heavy atom. The Balaban J connectivity index is 1.97. The van der Waals surface area contributed by atoms with E-state index in [1.807, 2.05) is 30.3 Å². The summed E-state index contributed by atoms with van der Waals surface area (Å²) in [5.41, 5.74) is 0.155. The molecule has 19 heavy (non-hydrogen) atoms. The number of carbonyl (C=O) groups is 2. The van der Waals surface area contributed by atoms with Gasteiger partial charge in [-0.3, -0.25) is 9.59 Å². The van der Waals surface area contributed by atoms with Gasteiger partial charge in [-0.25, -0.2) is 0 Å². The summed E-state index contributed by atoms with van der Waals surface area (Å²) in [6.45, 7) is 0.749. The number of nitrogens with one attached hydrogen (secondary N) is 1. The van der Waals surface area contributed by atoms with Gasteiger partial charge in [-0.15, -0.1) is 0 Å². The molecule has 1 heterocycles. The molecule has 2 rings (SSSR count). The molecule has 0 aliphatic carbocycles. The smallest absolute Gasteiger partial charge is 0.305 e. The summed E-state index contributed by atoms with van der Waals surface area (Å²) in [6, 6.07) is 9.37. The van der Waals surface area contributed by atoms with Gasteiger partial charge in [0.15, 0.2) is 0 Å². The standard InChI is InChI=1S/C14H17NO4/c16-12(8-11-4-2-1-3-5-11)15-14(9-13(17)18)6-7-19-10-14/h1-5H,6-10H2,(H,15,16)(H,17,18). The second-order valence-electron chi connectivity index (χ2n) is 4.86. The molecule has 0 radical (unpaired) electrons. The monoisotopic (exact) mass is 263 g/mol. The Morgan fingerprint density at radius 3 is 2.63 bits per heavy atom. The molecule has 1 aromatic rings. The van der Waals surface area contributed by atoms with Gasteiger partial charge in [-0.1, -0.05) is 30.3 Å². The summed E-state index contributed by atoms with van der Waals surface area (Å²) in [6.07, 6.45) is 0.690. The van der Waals surface area contributed by atoms with Crippen LogP contribution in [0.5, 0.6) is 0 Å². The normalized spacial score (nSPS) is 22.1. The summed E-state index contributed by atoms with van der Waals surface area (Å²) in [7, 11) is 0. The second-order valence-corrected chi connectivity index (χ2v) is 4.86. The average Bonchev–Trinajstić information content (AvgIpc) is 2.77. The van der Waals surface area contributed by atoms with Gasteiger partial charge in [0.25, 0.3) is 0 Å². The number of hydrogen-bond donors (Lipinski definition) is 2. The van der Waals surface area contributed by atoms with E-state index in [9.17, 15) is 9.59 Å². The fourth-order valence-corrected chi connectivity index (χ4v) is 2.30. The third-order valence-corrected chi connectivity index (χ3v) is 3.21. The fraction of sp³-hybridized carbons (Fsp3) is 0.429. The summed E-state index contributed by atoms with van der Waals surface area (Å²) in [5.74, 6) is -1.09. The van der Waals surface area contributed by atoms with Crippen LogP contribution in [0.2, 0.25) is 0 Å². The highest BCUT2D eigenvalue weighted by atomic mass is 16.5. The third-order valence-electron chi connectivity index (χ3n) is 3.21. The Kier molecular flexibility index (Phi) is 4.16. The number of ether oxygens (including phenoxy) is 1. The van der Waals surface area contributed by atoms with Gasteiger partial charge in [0.1, 0.15) is 0 Å². The van der Waals surface area contributed by atoms with E-state index >= 15 is 0 Å². The van der Waals surface area contributed by atoms with Gasteiger partial charge < -0.3 is 15.2 Å². The fourth-order valence-electron chi connectivity index (χ4n) is 2.30. The molecule has 1 aliphatic heterocycles. The van der Waals surface area contributed by atoms with E-state index in [2.05, 4.69) is 5.32 Å². The first-order valence-corrected chi connectivity index (χ1v) is 6.24. The van der Waals surface area contributed by atoms with Gasteiger partial charge >= 0.3 is 5.97 Å². The first kappa shape index (κ1) is 13.5. The van der Waals surface area contributed by atoms with Crippen LogP contribution in [0.25, 0.3) is 0 Å². The number of benzene rings is 1. The highest BCUT2D eigenvalue weighted by Gasteiger charge is 2.38. The van der Waals surface area contributed by atoms with E-state index in [1.54, 1.807) is 0 Å².